The van der Waals surface area contributed by atoms with E-state index in [-0.39, 0.29) is 0 Å². The number of nitrogens with one attached hydrogen (secondary N) is 1. The zero-order chi connectivity index (χ0) is 10.7. The predicted molar refractivity (Wildman–Crippen MR) is 52.5 cm³/mol. The number of anilines is 1. The van der Waals surface area contributed by atoms with Crippen molar-refractivity contribution in [2.75, 3.05) is 5.32 Å². The minimum atomic E-state index is -0.502. The van der Waals surface area contributed by atoms with E-state index in [0.717, 1.165) is 5.82 Å². The van der Waals surface area contributed by atoms with Crippen molar-refractivity contribution in [1.82, 2.24) is 19.7 Å². The molecule has 2 aromatic heterocycles. The lowest BCUT2D eigenvalue weighted by atomic mass is 10.4. The van der Waals surface area contributed by atoms with Crippen molar-refractivity contribution >= 4 is 5.82 Å². The Balaban J connectivity index is 2.02. The third-order valence-corrected chi connectivity index (χ3v) is 1.95. The molecule has 0 radical (unpaired) electrons. The maximum atomic E-state index is 12.7. The molecule has 0 fully saturated rings. The van der Waals surface area contributed by atoms with Crippen LogP contribution in [-0.4, -0.2) is 19.7 Å². The molecule has 0 aliphatic carbocycles. The lowest BCUT2D eigenvalue weighted by molar-refractivity contribution is 0.584. The SMILES string of the molecule is Cn1ncnc1CNc1cccc(F)n1. The van der Waals surface area contributed by atoms with Crippen LogP contribution in [0.15, 0.2) is 24.5 Å². The summed E-state index contributed by atoms with van der Waals surface area (Å²) in [6.45, 7) is 0.465. The summed E-state index contributed by atoms with van der Waals surface area (Å²) in [6.07, 6.45) is 1.47. The molecule has 0 amide bonds. The van der Waals surface area contributed by atoms with Crippen molar-refractivity contribution in [3.8, 4) is 0 Å². The Hall–Kier alpha value is -1.98. The van der Waals surface area contributed by atoms with Crippen LogP contribution in [0, 0.1) is 5.95 Å². The molecule has 1 N–H and O–H groups in total. The van der Waals surface area contributed by atoms with E-state index in [1.54, 1.807) is 23.9 Å². The van der Waals surface area contributed by atoms with Gasteiger partial charge in [0.25, 0.3) is 0 Å². The van der Waals surface area contributed by atoms with Crippen LogP contribution in [0.1, 0.15) is 5.82 Å². The van der Waals surface area contributed by atoms with Crippen molar-refractivity contribution in [3.63, 3.8) is 0 Å². The second-order valence-electron chi connectivity index (χ2n) is 3.00. The van der Waals surface area contributed by atoms with Gasteiger partial charge in [-0.2, -0.15) is 9.49 Å². The summed E-state index contributed by atoms with van der Waals surface area (Å²) in [4.78, 5) is 7.69. The molecule has 0 aliphatic rings. The van der Waals surface area contributed by atoms with Crippen molar-refractivity contribution in [3.05, 3.63) is 36.3 Å². The highest BCUT2D eigenvalue weighted by Gasteiger charge is 2.00. The molecule has 0 aliphatic heterocycles. The van der Waals surface area contributed by atoms with E-state index in [4.69, 9.17) is 0 Å². The maximum Gasteiger partial charge on any atom is 0.214 e. The molecule has 5 nitrogen and oxygen atoms in total. The van der Waals surface area contributed by atoms with Crippen LogP contribution in [0.5, 0.6) is 0 Å². The molecule has 15 heavy (non-hydrogen) atoms. The fourth-order valence-corrected chi connectivity index (χ4v) is 1.16. The van der Waals surface area contributed by atoms with Crippen LogP contribution in [0.2, 0.25) is 0 Å². The minimum Gasteiger partial charge on any atom is -0.363 e. The molecule has 0 spiro atoms. The van der Waals surface area contributed by atoms with Crippen molar-refractivity contribution < 1.29 is 4.39 Å². The average Bonchev–Trinajstić information content (AvgIpc) is 2.61. The first-order valence-electron chi connectivity index (χ1n) is 4.45. The smallest absolute Gasteiger partial charge is 0.214 e. The molecule has 0 aromatic carbocycles. The lowest BCUT2D eigenvalue weighted by Crippen LogP contribution is -2.07. The maximum absolute atomic E-state index is 12.7. The van der Waals surface area contributed by atoms with Crippen LogP contribution in [0.25, 0.3) is 0 Å². The first kappa shape index (κ1) is 9.57. The summed E-state index contributed by atoms with van der Waals surface area (Å²) in [5.74, 6) is 0.747. The highest BCUT2D eigenvalue weighted by atomic mass is 19.1. The zero-order valence-electron chi connectivity index (χ0n) is 8.18. The summed E-state index contributed by atoms with van der Waals surface area (Å²) in [5.41, 5.74) is 0. The van der Waals surface area contributed by atoms with Crippen LogP contribution in [0.4, 0.5) is 10.2 Å². The number of hydrogen-bond donors (Lipinski definition) is 1. The summed E-state index contributed by atoms with van der Waals surface area (Å²) < 4.78 is 14.4. The van der Waals surface area contributed by atoms with Gasteiger partial charge in [-0.3, -0.25) is 4.68 Å². The minimum absolute atomic E-state index is 0.465. The van der Waals surface area contributed by atoms with Crippen molar-refractivity contribution in [2.45, 2.75) is 6.54 Å². The van der Waals surface area contributed by atoms with Gasteiger partial charge in [0.2, 0.25) is 5.95 Å². The highest BCUT2D eigenvalue weighted by Crippen LogP contribution is 2.04. The van der Waals surface area contributed by atoms with Gasteiger partial charge in [-0.15, -0.1) is 0 Å². The van der Waals surface area contributed by atoms with Crippen LogP contribution in [0.3, 0.4) is 0 Å². The molecule has 0 unspecified atom stereocenters. The molecule has 2 rings (SSSR count). The van der Waals surface area contributed by atoms with Gasteiger partial charge >= 0.3 is 0 Å². The first-order chi connectivity index (χ1) is 7.25. The standard InChI is InChI=1S/C9H10FN5/c1-15-9(12-6-13-15)5-11-8-4-2-3-7(10)14-8/h2-4,6H,5H2,1H3,(H,11,14). The molecule has 0 saturated carbocycles. The van der Waals surface area contributed by atoms with E-state index >= 15 is 0 Å². The number of nitrogens with zero attached hydrogens (tertiary/aromatic N) is 4. The van der Waals surface area contributed by atoms with Gasteiger partial charge in [0.05, 0.1) is 6.54 Å². The number of aromatic nitrogens is 4. The van der Waals surface area contributed by atoms with Crippen molar-refractivity contribution in [2.24, 2.45) is 7.05 Å². The fourth-order valence-electron chi connectivity index (χ4n) is 1.16. The molecular weight excluding hydrogens is 197 g/mol. The molecule has 2 heterocycles. The Bertz CT molecular complexity index is 453. The molecular formula is C9H10FN5. The third kappa shape index (κ3) is 2.28. The predicted octanol–water partition coefficient (Wildman–Crippen LogP) is 0.961. The van der Waals surface area contributed by atoms with Gasteiger partial charge in [-0.1, -0.05) is 6.07 Å². The van der Waals surface area contributed by atoms with Gasteiger partial charge in [0.1, 0.15) is 18.0 Å². The number of halogens is 1. The van der Waals surface area contributed by atoms with Gasteiger partial charge in [-0.05, 0) is 12.1 Å². The number of hydrogen-bond acceptors (Lipinski definition) is 4. The fraction of sp³-hybridized carbons (Fsp3) is 0.222. The summed E-state index contributed by atoms with van der Waals surface area (Å²) >= 11 is 0. The average molecular weight is 207 g/mol. The molecule has 0 saturated heterocycles. The molecule has 0 bridgehead atoms. The Morgan fingerprint density at radius 3 is 3.00 bits per heavy atom. The molecule has 6 heteroatoms. The van der Waals surface area contributed by atoms with E-state index in [2.05, 4.69) is 20.4 Å². The van der Waals surface area contributed by atoms with Gasteiger partial charge in [-0.25, -0.2) is 9.97 Å². The summed E-state index contributed by atoms with van der Waals surface area (Å²) in [7, 11) is 1.79. The van der Waals surface area contributed by atoms with Crippen molar-refractivity contribution in [1.29, 1.82) is 0 Å². The Labute approximate surface area is 86.0 Å². The van der Waals surface area contributed by atoms with Gasteiger partial charge in [0, 0.05) is 7.05 Å². The largest absolute Gasteiger partial charge is 0.363 e. The van der Waals surface area contributed by atoms with Crippen LogP contribution < -0.4 is 5.32 Å². The van der Waals surface area contributed by atoms with E-state index in [0.29, 0.717) is 12.4 Å². The lowest BCUT2D eigenvalue weighted by Gasteiger charge is -2.04. The van der Waals surface area contributed by atoms with Crippen LogP contribution >= 0.6 is 0 Å². The second-order valence-corrected chi connectivity index (χ2v) is 3.00. The normalized spacial score (nSPS) is 10.3. The molecule has 2 aromatic rings. The quantitative estimate of drug-likeness (QED) is 0.762. The topological polar surface area (TPSA) is 55.6 Å². The first-order valence-corrected chi connectivity index (χ1v) is 4.45. The van der Waals surface area contributed by atoms with E-state index < -0.39 is 5.95 Å². The van der Waals surface area contributed by atoms with E-state index in [1.165, 1.54) is 12.4 Å². The number of pyridine rings is 1. The third-order valence-electron chi connectivity index (χ3n) is 1.95. The molecule has 78 valence electrons. The number of aryl methyl sites for hydroxylation is 1. The van der Waals surface area contributed by atoms with E-state index in [9.17, 15) is 4.39 Å². The summed E-state index contributed by atoms with van der Waals surface area (Å²) in [5, 5.41) is 6.87. The highest BCUT2D eigenvalue weighted by molar-refractivity contribution is 5.33. The monoisotopic (exact) mass is 207 g/mol. The summed E-state index contributed by atoms with van der Waals surface area (Å²) in [6, 6.07) is 4.59. The Kier molecular flexibility index (Phi) is 2.57. The van der Waals surface area contributed by atoms with Gasteiger partial charge in [0.15, 0.2) is 0 Å². The number of rotatable bonds is 3. The van der Waals surface area contributed by atoms with Crippen LogP contribution in [-0.2, 0) is 13.6 Å². The zero-order valence-corrected chi connectivity index (χ0v) is 8.18. The van der Waals surface area contributed by atoms with Gasteiger partial charge < -0.3 is 5.32 Å². The van der Waals surface area contributed by atoms with E-state index in [1.807, 2.05) is 0 Å². The Morgan fingerprint density at radius 2 is 2.33 bits per heavy atom. The second kappa shape index (κ2) is 4.04. The Morgan fingerprint density at radius 1 is 1.47 bits per heavy atom. The molecule has 0 atom stereocenters.